The van der Waals surface area contributed by atoms with Crippen LogP contribution in [0.1, 0.15) is 18.5 Å². The number of hydrogen-bond acceptors (Lipinski definition) is 3. The van der Waals surface area contributed by atoms with Crippen LogP contribution in [0.2, 0.25) is 5.02 Å². The Balaban J connectivity index is 2.50. The van der Waals surface area contributed by atoms with Crippen LogP contribution in [0.5, 0.6) is 0 Å². The molecule has 0 aliphatic heterocycles. The van der Waals surface area contributed by atoms with Crippen molar-refractivity contribution in [2.45, 2.75) is 13.0 Å². The van der Waals surface area contributed by atoms with Crippen molar-refractivity contribution < 1.29 is 9.59 Å². The molecule has 0 fully saturated rings. The second kappa shape index (κ2) is 6.22. The molecule has 4 N–H and O–H groups in total. The lowest BCUT2D eigenvalue weighted by Gasteiger charge is -2.14. The highest BCUT2D eigenvalue weighted by Gasteiger charge is 2.10. The summed E-state index contributed by atoms with van der Waals surface area (Å²) < 4.78 is 0. The molecule has 0 saturated heterocycles. The maximum Gasteiger partial charge on any atom is 0.318 e. The van der Waals surface area contributed by atoms with Gasteiger partial charge in [-0.2, -0.15) is 0 Å². The molecule has 17 heavy (non-hydrogen) atoms. The zero-order valence-electron chi connectivity index (χ0n) is 9.37. The number of rotatable bonds is 4. The molecule has 5 nitrogen and oxygen atoms in total. The first-order chi connectivity index (χ1) is 8.00. The largest absolute Gasteiger partial charge is 0.351 e. The smallest absolute Gasteiger partial charge is 0.318 e. The van der Waals surface area contributed by atoms with Crippen molar-refractivity contribution in [2.75, 3.05) is 6.54 Å². The number of nitrogens with two attached hydrogens (primary N) is 1. The monoisotopic (exact) mass is 255 g/mol. The van der Waals surface area contributed by atoms with Gasteiger partial charge in [-0.25, -0.2) is 4.79 Å². The van der Waals surface area contributed by atoms with Gasteiger partial charge in [0.1, 0.15) is 0 Å². The van der Waals surface area contributed by atoms with Gasteiger partial charge in [-0.1, -0.05) is 29.8 Å². The second-order valence-corrected chi connectivity index (χ2v) is 3.94. The highest BCUT2D eigenvalue weighted by molar-refractivity contribution is 6.31. The van der Waals surface area contributed by atoms with Crippen LogP contribution in [-0.4, -0.2) is 18.5 Å². The van der Waals surface area contributed by atoms with Crippen molar-refractivity contribution in [3.63, 3.8) is 0 Å². The number of benzene rings is 1. The minimum atomic E-state index is -0.859. The van der Waals surface area contributed by atoms with E-state index in [4.69, 9.17) is 17.3 Å². The average molecular weight is 256 g/mol. The Kier molecular flexibility index (Phi) is 4.93. The number of hydrogen-bond donors (Lipinski definition) is 3. The van der Waals surface area contributed by atoms with Gasteiger partial charge in [0.05, 0.1) is 6.54 Å². The fourth-order valence-corrected chi connectivity index (χ4v) is 1.66. The molecular weight excluding hydrogens is 242 g/mol. The van der Waals surface area contributed by atoms with E-state index in [0.29, 0.717) is 5.02 Å². The number of carbonyl (C=O) groups excluding carboxylic acids is 2. The van der Waals surface area contributed by atoms with Gasteiger partial charge in [-0.15, -0.1) is 0 Å². The number of nitrogens with one attached hydrogen (secondary N) is 2. The Hall–Kier alpha value is -1.59. The molecule has 0 saturated carbocycles. The number of imide groups is 1. The van der Waals surface area contributed by atoms with E-state index in [1.807, 2.05) is 30.4 Å². The molecule has 0 spiro atoms. The molecule has 0 aliphatic carbocycles. The van der Waals surface area contributed by atoms with Crippen molar-refractivity contribution in [1.82, 2.24) is 10.6 Å². The van der Waals surface area contributed by atoms with Crippen molar-refractivity contribution in [1.29, 1.82) is 0 Å². The summed E-state index contributed by atoms with van der Waals surface area (Å²) in [5.74, 6) is -0.476. The summed E-state index contributed by atoms with van der Waals surface area (Å²) in [6, 6.07) is 6.38. The SMILES string of the molecule is C[C@@H](NCC(=O)NC(N)=O)c1ccccc1Cl. The molecular formula is C11H14ClN3O2. The topological polar surface area (TPSA) is 84.2 Å². The number of carbonyl (C=O) groups is 2. The van der Waals surface area contributed by atoms with Gasteiger partial charge in [0, 0.05) is 11.1 Å². The zero-order chi connectivity index (χ0) is 12.8. The van der Waals surface area contributed by atoms with Gasteiger partial charge in [-0.05, 0) is 18.6 Å². The van der Waals surface area contributed by atoms with Crippen molar-refractivity contribution in [3.8, 4) is 0 Å². The first-order valence-electron chi connectivity index (χ1n) is 5.08. The first kappa shape index (κ1) is 13.5. The Labute approximate surface area is 104 Å². The Morgan fingerprint density at radius 1 is 1.41 bits per heavy atom. The zero-order valence-corrected chi connectivity index (χ0v) is 10.1. The van der Waals surface area contributed by atoms with E-state index in [0.717, 1.165) is 5.56 Å². The number of urea groups is 1. The lowest BCUT2D eigenvalue weighted by molar-refractivity contribution is -0.119. The van der Waals surface area contributed by atoms with Crippen LogP contribution in [0, 0.1) is 0 Å². The summed E-state index contributed by atoms with van der Waals surface area (Å²) in [7, 11) is 0. The first-order valence-corrected chi connectivity index (χ1v) is 5.45. The molecule has 0 bridgehead atoms. The van der Waals surface area contributed by atoms with Gasteiger partial charge in [0.25, 0.3) is 0 Å². The maximum atomic E-state index is 11.2. The fourth-order valence-electron chi connectivity index (χ4n) is 1.36. The van der Waals surface area contributed by atoms with Gasteiger partial charge in [-0.3, -0.25) is 10.1 Å². The highest BCUT2D eigenvalue weighted by atomic mass is 35.5. The van der Waals surface area contributed by atoms with E-state index in [-0.39, 0.29) is 12.6 Å². The van der Waals surface area contributed by atoms with E-state index >= 15 is 0 Å². The Morgan fingerprint density at radius 3 is 2.65 bits per heavy atom. The third kappa shape index (κ3) is 4.42. The normalized spacial score (nSPS) is 11.9. The molecule has 92 valence electrons. The second-order valence-electron chi connectivity index (χ2n) is 3.54. The predicted molar refractivity (Wildman–Crippen MR) is 65.6 cm³/mol. The standard InChI is InChI=1S/C11H14ClN3O2/c1-7(8-4-2-3-5-9(8)12)14-6-10(16)15-11(13)17/h2-5,7,14H,6H2,1H3,(H3,13,15,16,17)/t7-/m1/s1. The fraction of sp³-hybridized carbons (Fsp3) is 0.273. The van der Waals surface area contributed by atoms with Gasteiger partial charge >= 0.3 is 6.03 Å². The summed E-state index contributed by atoms with van der Waals surface area (Å²) in [5, 5.41) is 5.54. The third-order valence-corrected chi connectivity index (χ3v) is 2.55. The molecule has 1 aromatic rings. The van der Waals surface area contributed by atoms with Crippen molar-refractivity contribution in [2.24, 2.45) is 5.73 Å². The van der Waals surface area contributed by atoms with E-state index in [9.17, 15) is 9.59 Å². The molecule has 0 aliphatic rings. The van der Waals surface area contributed by atoms with E-state index in [1.54, 1.807) is 6.07 Å². The van der Waals surface area contributed by atoms with Crippen LogP contribution >= 0.6 is 11.6 Å². The highest BCUT2D eigenvalue weighted by Crippen LogP contribution is 2.21. The maximum absolute atomic E-state index is 11.2. The summed E-state index contributed by atoms with van der Waals surface area (Å²) in [4.78, 5) is 21.6. The van der Waals surface area contributed by atoms with Gasteiger partial charge in [0.2, 0.25) is 5.91 Å². The minimum absolute atomic E-state index is 0.00463. The molecule has 0 radical (unpaired) electrons. The summed E-state index contributed by atoms with van der Waals surface area (Å²) in [6.07, 6.45) is 0. The van der Waals surface area contributed by atoms with Crippen LogP contribution in [0.25, 0.3) is 0 Å². The summed E-state index contributed by atoms with van der Waals surface area (Å²) >= 11 is 6.00. The summed E-state index contributed by atoms with van der Waals surface area (Å²) in [5.41, 5.74) is 5.71. The minimum Gasteiger partial charge on any atom is -0.351 e. The lowest BCUT2D eigenvalue weighted by atomic mass is 10.1. The van der Waals surface area contributed by atoms with E-state index in [2.05, 4.69) is 5.32 Å². The molecule has 1 rings (SSSR count). The molecule has 1 atom stereocenters. The Morgan fingerprint density at radius 2 is 2.06 bits per heavy atom. The predicted octanol–water partition coefficient (Wildman–Crippen LogP) is 1.19. The molecule has 0 aromatic heterocycles. The average Bonchev–Trinajstić information content (AvgIpc) is 2.25. The van der Waals surface area contributed by atoms with Crippen LogP contribution in [0.4, 0.5) is 4.79 Å². The lowest BCUT2D eigenvalue weighted by Crippen LogP contribution is -2.41. The quantitative estimate of drug-likeness (QED) is 0.756. The number of amides is 3. The number of halogens is 1. The molecule has 0 heterocycles. The van der Waals surface area contributed by atoms with Gasteiger partial charge in [0.15, 0.2) is 0 Å². The van der Waals surface area contributed by atoms with E-state index in [1.165, 1.54) is 0 Å². The van der Waals surface area contributed by atoms with Crippen LogP contribution < -0.4 is 16.4 Å². The van der Waals surface area contributed by atoms with E-state index < -0.39 is 11.9 Å². The van der Waals surface area contributed by atoms with Crippen molar-refractivity contribution >= 4 is 23.5 Å². The number of primary amides is 1. The van der Waals surface area contributed by atoms with Crippen LogP contribution in [0.3, 0.4) is 0 Å². The molecule has 3 amide bonds. The molecule has 0 unspecified atom stereocenters. The van der Waals surface area contributed by atoms with Crippen molar-refractivity contribution in [3.05, 3.63) is 34.9 Å². The Bertz CT molecular complexity index is 423. The summed E-state index contributed by atoms with van der Waals surface area (Å²) in [6.45, 7) is 1.87. The molecule has 1 aromatic carbocycles. The molecule has 6 heteroatoms. The van der Waals surface area contributed by atoms with Crippen LogP contribution in [-0.2, 0) is 4.79 Å². The van der Waals surface area contributed by atoms with Gasteiger partial charge < -0.3 is 11.1 Å². The third-order valence-electron chi connectivity index (χ3n) is 2.20. The van der Waals surface area contributed by atoms with Crippen LogP contribution in [0.15, 0.2) is 24.3 Å².